The van der Waals surface area contributed by atoms with Crippen LogP contribution in [0.2, 0.25) is 0 Å². The molecule has 2 aromatic heterocycles. The number of nitrogens with one attached hydrogen (secondary N) is 1. The average Bonchev–Trinajstić information content (AvgIpc) is 3.19. The highest BCUT2D eigenvalue weighted by Gasteiger charge is 2.21. The summed E-state index contributed by atoms with van der Waals surface area (Å²) in [6.07, 6.45) is 1.68. The maximum Gasteiger partial charge on any atom is 0.330 e. The van der Waals surface area contributed by atoms with Crippen LogP contribution in [0.15, 0.2) is 50.5 Å². The highest BCUT2D eigenvalue weighted by Crippen LogP contribution is 2.21. The standard InChI is InChI=1S/C21H27N5O4/c1-14(2)16-11-23-17(30-16)13-25(9-10-29-3)18-19(22)26(21(28)24-20(18)27)12-15-7-5-4-6-8-15/h4-8,11,14H,9-10,12-13,22H2,1-3H3,(H,24,27,28). The minimum absolute atomic E-state index is 0.0827. The van der Waals surface area contributed by atoms with Crippen LogP contribution in [-0.4, -0.2) is 34.8 Å². The summed E-state index contributed by atoms with van der Waals surface area (Å²) in [7, 11) is 1.57. The lowest BCUT2D eigenvalue weighted by molar-refractivity contribution is 0.204. The predicted octanol–water partition coefficient (Wildman–Crippen LogP) is 1.93. The fourth-order valence-corrected chi connectivity index (χ4v) is 3.10. The van der Waals surface area contributed by atoms with Crippen LogP contribution in [0.1, 0.15) is 37.0 Å². The number of benzene rings is 1. The number of anilines is 2. The molecule has 9 nitrogen and oxygen atoms in total. The van der Waals surface area contributed by atoms with Crippen LogP contribution in [0, 0.1) is 0 Å². The normalized spacial score (nSPS) is 11.2. The summed E-state index contributed by atoms with van der Waals surface area (Å²) in [4.78, 5) is 33.5. The monoisotopic (exact) mass is 413 g/mol. The van der Waals surface area contributed by atoms with Gasteiger partial charge < -0.3 is 19.8 Å². The van der Waals surface area contributed by atoms with Gasteiger partial charge in [0.2, 0.25) is 5.89 Å². The van der Waals surface area contributed by atoms with Crippen molar-refractivity contribution in [1.29, 1.82) is 0 Å². The van der Waals surface area contributed by atoms with Crippen molar-refractivity contribution < 1.29 is 9.15 Å². The van der Waals surface area contributed by atoms with E-state index in [2.05, 4.69) is 9.97 Å². The summed E-state index contributed by atoms with van der Waals surface area (Å²) >= 11 is 0. The maximum absolute atomic E-state index is 12.7. The Balaban J connectivity index is 2.00. The highest BCUT2D eigenvalue weighted by atomic mass is 16.5. The molecule has 0 saturated heterocycles. The first-order valence-electron chi connectivity index (χ1n) is 9.75. The molecule has 3 N–H and O–H groups in total. The van der Waals surface area contributed by atoms with E-state index in [1.165, 1.54) is 4.57 Å². The lowest BCUT2D eigenvalue weighted by atomic mass is 10.2. The van der Waals surface area contributed by atoms with Crippen molar-refractivity contribution in [1.82, 2.24) is 14.5 Å². The number of hydrogen-bond acceptors (Lipinski definition) is 7. The summed E-state index contributed by atoms with van der Waals surface area (Å²) < 4.78 is 12.3. The van der Waals surface area contributed by atoms with Crippen molar-refractivity contribution in [2.45, 2.75) is 32.9 Å². The van der Waals surface area contributed by atoms with Gasteiger partial charge in [-0.05, 0) is 5.56 Å². The smallest absolute Gasteiger partial charge is 0.330 e. The Bertz CT molecular complexity index is 1080. The number of nitrogens with two attached hydrogens (primary N) is 1. The molecule has 0 amide bonds. The number of aromatic nitrogens is 3. The van der Waals surface area contributed by atoms with E-state index >= 15 is 0 Å². The lowest BCUT2D eigenvalue weighted by Crippen LogP contribution is -2.39. The number of H-pyrrole nitrogens is 1. The molecule has 0 spiro atoms. The van der Waals surface area contributed by atoms with Gasteiger partial charge in [0.05, 0.1) is 25.9 Å². The summed E-state index contributed by atoms with van der Waals surface area (Å²) in [5, 5.41) is 0. The van der Waals surface area contributed by atoms with E-state index in [0.717, 1.165) is 11.3 Å². The fourth-order valence-electron chi connectivity index (χ4n) is 3.10. The molecule has 0 saturated carbocycles. The Morgan fingerprint density at radius 2 is 2.00 bits per heavy atom. The van der Waals surface area contributed by atoms with Crippen LogP contribution in [-0.2, 0) is 17.8 Å². The van der Waals surface area contributed by atoms with E-state index in [9.17, 15) is 9.59 Å². The zero-order valence-corrected chi connectivity index (χ0v) is 17.4. The quantitative estimate of drug-likeness (QED) is 0.550. The molecule has 0 aliphatic rings. The summed E-state index contributed by atoms with van der Waals surface area (Å²) in [5.74, 6) is 1.49. The van der Waals surface area contributed by atoms with Crippen molar-refractivity contribution in [3.63, 3.8) is 0 Å². The van der Waals surface area contributed by atoms with Gasteiger partial charge in [0.1, 0.15) is 17.3 Å². The van der Waals surface area contributed by atoms with Gasteiger partial charge in [-0.3, -0.25) is 14.3 Å². The number of aromatic amines is 1. The largest absolute Gasteiger partial charge is 0.444 e. The molecule has 0 fully saturated rings. The number of oxazole rings is 1. The molecule has 0 bridgehead atoms. The SMILES string of the molecule is COCCN(Cc1ncc(C(C)C)o1)c1c(N)n(Cc2ccccc2)c(=O)[nH]c1=O. The van der Waals surface area contributed by atoms with Crippen molar-refractivity contribution in [3.8, 4) is 0 Å². The van der Waals surface area contributed by atoms with Crippen molar-refractivity contribution in [2.75, 3.05) is 30.9 Å². The van der Waals surface area contributed by atoms with Crippen molar-refractivity contribution >= 4 is 11.5 Å². The molecule has 160 valence electrons. The Hall–Kier alpha value is -3.33. The number of nitrogens with zero attached hydrogens (tertiary/aromatic N) is 3. The first kappa shape index (κ1) is 21.4. The molecule has 0 aliphatic carbocycles. The number of methoxy groups -OCH3 is 1. The second-order valence-electron chi connectivity index (χ2n) is 7.29. The molecule has 30 heavy (non-hydrogen) atoms. The van der Waals surface area contributed by atoms with E-state index in [0.29, 0.717) is 19.0 Å². The van der Waals surface area contributed by atoms with Gasteiger partial charge in [0.15, 0.2) is 0 Å². The Morgan fingerprint density at radius 1 is 1.27 bits per heavy atom. The topological polar surface area (TPSA) is 119 Å². The van der Waals surface area contributed by atoms with Crippen molar-refractivity contribution in [3.05, 3.63) is 74.6 Å². The molecule has 0 radical (unpaired) electrons. The average molecular weight is 413 g/mol. The molecule has 2 heterocycles. The minimum atomic E-state index is -0.562. The van der Waals surface area contributed by atoms with Crippen LogP contribution in [0.5, 0.6) is 0 Å². The van der Waals surface area contributed by atoms with E-state index in [1.54, 1.807) is 18.2 Å². The van der Waals surface area contributed by atoms with E-state index in [4.69, 9.17) is 14.9 Å². The van der Waals surface area contributed by atoms with E-state index < -0.39 is 11.2 Å². The summed E-state index contributed by atoms with van der Waals surface area (Å²) in [5.41, 5.74) is 6.28. The zero-order chi connectivity index (χ0) is 21.7. The van der Waals surface area contributed by atoms with Crippen LogP contribution in [0.25, 0.3) is 0 Å². The Labute approximate surface area is 174 Å². The molecule has 3 aromatic rings. The third-order valence-corrected chi connectivity index (χ3v) is 4.75. The first-order valence-corrected chi connectivity index (χ1v) is 9.75. The van der Waals surface area contributed by atoms with Gasteiger partial charge in [-0.25, -0.2) is 9.78 Å². The lowest BCUT2D eigenvalue weighted by Gasteiger charge is -2.24. The molecule has 9 heteroatoms. The minimum Gasteiger partial charge on any atom is -0.444 e. The molecular weight excluding hydrogens is 386 g/mol. The van der Waals surface area contributed by atoms with Crippen LogP contribution >= 0.6 is 0 Å². The maximum atomic E-state index is 12.7. The van der Waals surface area contributed by atoms with Crippen LogP contribution < -0.4 is 21.9 Å². The number of ether oxygens (including phenoxy) is 1. The molecule has 3 rings (SSSR count). The summed E-state index contributed by atoms with van der Waals surface area (Å²) in [6, 6.07) is 9.42. The predicted molar refractivity (Wildman–Crippen MR) is 115 cm³/mol. The summed E-state index contributed by atoms with van der Waals surface area (Å²) in [6.45, 7) is 5.20. The van der Waals surface area contributed by atoms with E-state index in [-0.39, 0.29) is 30.5 Å². The molecule has 1 aromatic carbocycles. The molecule has 0 aliphatic heterocycles. The number of hydrogen-bond donors (Lipinski definition) is 2. The van der Waals surface area contributed by atoms with Gasteiger partial charge in [-0.1, -0.05) is 44.2 Å². The van der Waals surface area contributed by atoms with Gasteiger partial charge >= 0.3 is 5.69 Å². The van der Waals surface area contributed by atoms with Crippen LogP contribution in [0.4, 0.5) is 11.5 Å². The zero-order valence-electron chi connectivity index (χ0n) is 17.4. The second kappa shape index (κ2) is 9.45. The fraction of sp³-hybridized carbons (Fsp3) is 0.381. The molecular formula is C21H27N5O4. The van der Waals surface area contributed by atoms with Crippen molar-refractivity contribution in [2.24, 2.45) is 0 Å². The van der Waals surface area contributed by atoms with Gasteiger partial charge in [-0.15, -0.1) is 0 Å². The van der Waals surface area contributed by atoms with Gasteiger partial charge in [-0.2, -0.15) is 0 Å². The third-order valence-electron chi connectivity index (χ3n) is 4.75. The number of nitrogen functional groups attached to an aromatic ring is 1. The number of rotatable bonds is 9. The second-order valence-corrected chi connectivity index (χ2v) is 7.29. The van der Waals surface area contributed by atoms with E-state index in [1.807, 2.05) is 44.2 Å². The molecule has 0 unspecified atom stereocenters. The highest BCUT2D eigenvalue weighted by molar-refractivity contribution is 5.62. The Kier molecular flexibility index (Phi) is 6.73. The van der Waals surface area contributed by atoms with Gasteiger partial charge in [0.25, 0.3) is 5.56 Å². The molecule has 0 atom stereocenters. The third kappa shape index (κ3) is 4.80. The Morgan fingerprint density at radius 3 is 2.63 bits per heavy atom. The van der Waals surface area contributed by atoms with Gasteiger partial charge in [0, 0.05) is 19.6 Å². The first-order chi connectivity index (χ1) is 14.4. The van der Waals surface area contributed by atoms with Crippen LogP contribution in [0.3, 0.4) is 0 Å².